The van der Waals surface area contributed by atoms with Gasteiger partial charge in [0.25, 0.3) is 5.91 Å². The summed E-state index contributed by atoms with van der Waals surface area (Å²) in [7, 11) is 0. The van der Waals surface area contributed by atoms with Crippen molar-refractivity contribution in [2.45, 2.75) is 13.3 Å². The summed E-state index contributed by atoms with van der Waals surface area (Å²) in [5.41, 5.74) is 1.63. The lowest BCUT2D eigenvalue weighted by molar-refractivity contribution is -0.144. The molecular weight excluding hydrogens is 334 g/mol. The first kappa shape index (κ1) is 17.7. The van der Waals surface area contributed by atoms with Crippen molar-refractivity contribution < 1.29 is 18.8 Å². The van der Waals surface area contributed by atoms with E-state index in [0.29, 0.717) is 31.9 Å². The number of carbonyl (C=O) groups excluding carboxylic acids is 3. The maximum absolute atomic E-state index is 12.4. The Hall–Kier alpha value is -3.09. The monoisotopic (exact) mass is 355 g/mol. The van der Waals surface area contributed by atoms with Crippen molar-refractivity contribution in [3.8, 4) is 0 Å². The quantitative estimate of drug-likeness (QED) is 0.851. The summed E-state index contributed by atoms with van der Waals surface area (Å²) in [6.07, 6.45) is 2.21. The minimum absolute atomic E-state index is 0.205. The van der Waals surface area contributed by atoms with Crippen molar-refractivity contribution in [3.05, 3.63) is 54.0 Å². The van der Waals surface area contributed by atoms with E-state index >= 15 is 0 Å². The standard InChI is InChI=1S/C19H21N3O4/c1-2-14-6-3-4-7-15(14)20-17(23)19(25)22-11-9-21(10-12-22)18(24)16-8-5-13-26-16/h3-8,13H,2,9-12H2,1H3,(H,20,23). The van der Waals surface area contributed by atoms with Crippen LogP contribution in [0.25, 0.3) is 0 Å². The van der Waals surface area contributed by atoms with Gasteiger partial charge in [-0.25, -0.2) is 0 Å². The van der Waals surface area contributed by atoms with Gasteiger partial charge in [-0.1, -0.05) is 25.1 Å². The van der Waals surface area contributed by atoms with E-state index in [0.717, 1.165) is 12.0 Å². The molecule has 7 heteroatoms. The summed E-state index contributed by atoms with van der Waals surface area (Å²) in [5, 5.41) is 2.69. The van der Waals surface area contributed by atoms with Crippen LogP contribution >= 0.6 is 0 Å². The number of benzene rings is 1. The second-order valence-corrected chi connectivity index (χ2v) is 6.03. The van der Waals surface area contributed by atoms with Gasteiger partial charge in [0.05, 0.1) is 6.26 Å². The molecule has 1 aromatic heterocycles. The number of amides is 3. The lowest BCUT2D eigenvalue weighted by Crippen LogP contribution is -2.53. The molecule has 0 radical (unpaired) electrons. The van der Waals surface area contributed by atoms with Gasteiger partial charge in [0.2, 0.25) is 0 Å². The fourth-order valence-electron chi connectivity index (χ4n) is 2.94. The van der Waals surface area contributed by atoms with E-state index in [1.165, 1.54) is 11.2 Å². The van der Waals surface area contributed by atoms with Gasteiger partial charge in [-0.2, -0.15) is 0 Å². The molecule has 136 valence electrons. The normalized spacial score (nSPS) is 14.2. The topological polar surface area (TPSA) is 82.9 Å². The SMILES string of the molecule is CCc1ccccc1NC(=O)C(=O)N1CCN(C(=O)c2ccco2)CC1. The molecule has 3 rings (SSSR count). The molecule has 1 aliphatic rings. The first-order chi connectivity index (χ1) is 12.6. The average Bonchev–Trinajstić information content (AvgIpc) is 3.22. The lowest BCUT2D eigenvalue weighted by Gasteiger charge is -2.33. The maximum Gasteiger partial charge on any atom is 0.313 e. The molecule has 26 heavy (non-hydrogen) atoms. The Morgan fingerprint density at radius 1 is 1.00 bits per heavy atom. The smallest absolute Gasteiger partial charge is 0.313 e. The van der Waals surface area contributed by atoms with Crippen LogP contribution in [0.2, 0.25) is 0 Å². The summed E-state index contributed by atoms with van der Waals surface area (Å²) < 4.78 is 5.11. The molecule has 0 aliphatic carbocycles. The number of nitrogens with zero attached hydrogens (tertiary/aromatic N) is 2. The van der Waals surface area contributed by atoms with Crippen molar-refractivity contribution in [1.29, 1.82) is 0 Å². The number of aryl methyl sites for hydroxylation is 1. The van der Waals surface area contributed by atoms with Crippen LogP contribution in [0.1, 0.15) is 23.0 Å². The third kappa shape index (κ3) is 3.77. The minimum atomic E-state index is -0.656. The van der Waals surface area contributed by atoms with Gasteiger partial charge in [0.15, 0.2) is 5.76 Å². The Kier molecular flexibility index (Phi) is 5.36. The first-order valence-electron chi connectivity index (χ1n) is 8.61. The highest BCUT2D eigenvalue weighted by atomic mass is 16.3. The zero-order valence-electron chi connectivity index (χ0n) is 14.6. The van der Waals surface area contributed by atoms with E-state index in [1.807, 2.05) is 25.1 Å². The molecular formula is C19H21N3O4. The molecule has 1 aromatic carbocycles. The van der Waals surface area contributed by atoms with Gasteiger partial charge in [0.1, 0.15) is 0 Å². The molecule has 1 fully saturated rings. The average molecular weight is 355 g/mol. The fraction of sp³-hybridized carbons (Fsp3) is 0.316. The Morgan fingerprint density at radius 2 is 1.69 bits per heavy atom. The van der Waals surface area contributed by atoms with Crippen LogP contribution < -0.4 is 5.32 Å². The number of hydrogen-bond acceptors (Lipinski definition) is 4. The number of nitrogens with one attached hydrogen (secondary N) is 1. The molecule has 0 unspecified atom stereocenters. The summed E-state index contributed by atoms with van der Waals surface area (Å²) in [4.78, 5) is 40.0. The number of rotatable bonds is 3. The van der Waals surface area contributed by atoms with Crippen LogP contribution in [-0.4, -0.2) is 53.7 Å². The lowest BCUT2D eigenvalue weighted by atomic mass is 10.1. The zero-order valence-corrected chi connectivity index (χ0v) is 14.6. The van der Waals surface area contributed by atoms with E-state index in [1.54, 1.807) is 23.1 Å². The molecule has 1 N–H and O–H groups in total. The third-order valence-corrected chi connectivity index (χ3v) is 4.43. The molecule has 1 aliphatic heterocycles. The molecule has 2 aromatic rings. The van der Waals surface area contributed by atoms with E-state index < -0.39 is 11.8 Å². The highest BCUT2D eigenvalue weighted by Crippen LogP contribution is 2.16. The second-order valence-electron chi connectivity index (χ2n) is 6.03. The first-order valence-corrected chi connectivity index (χ1v) is 8.61. The van der Waals surface area contributed by atoms with Gasteiger partial charge in [0, 0.05) is 31.9 Å². The molecule has 2 heterocycles. The molecule has 0 spiro atoms. The Morgan fingerprint density at radius 3 is 2.35 bits per heavy atom. The predicted molar refractivity (Wildman–Crippen MR) is 95.6 cm³/mol. The maximum atomic E-state index is 12.4. The molecule has 1 saturated heterocycles. The summed E-state index contributed by atoms with van der Waals surface area (Å²) in [6.45, 7) is 3.35. The third-order valence-electron chi connectivity index (χ3n) is 4.43. The van der Waals surface area contributed by atoms with E-state index in [-0.39, 0.29) is 11.7 Å². The number of furan rings is 1. The van der Waals surface area contributed by atoms with Crippen molar-refractivity contribution in [2.75, 3.05) is 31.5 Å². The summed E-state index contributed by atoms with van der Waals surface area (Å²) in [5.74, 6) is -1.17. The van der Waals surface area contributed by atoms with Gasteiger partial charge in [-0.3, -0.25) is 14.4 Å². The van der Waals surface area contributed by atoms with Crippen LogP contribution in [0.4, 0.5) is 5.69 Å². The largest absolute Gasteiger partial charge is 0.459 e. The van der Waals surface area contributed by atoms with Crippen LogP contribution in [0.3, 0.4) is 0 Å². The Bertz CT molecular complexity index is 793. The van der Waals surface area contributed by atoms with Crippen molar-refractivity contribution >= 4 is 23.4 Å². The van der Waals surface area contributed by atoms with Gasteiger partial charge < -0.3 is 19.5 Å². The van der Waals surface area contributed by atoms with E-state index in [9.17, 15) is 14.4 Å². The number of carbonyl (C=O) groups is 3. The Balaban J connectivity index is 1.56. The molecule has 0 saturated carbocycles. The summed E-state index contributed by atoms with van der Waals surface area (Å²) in [6, 6.07) is 10.7. The van der Waals surface area contributed by atoms with Crippen LogP contribution in [0.5, 0.6) is 0 Å². The van der Waals surface area contributed by atoms with Crippen molar-refractivity contribution in [2.24, 2.45) is 0 Å². The highest BCUT2D eigenvalue weighted by molar-refractivity contribution is 6.39. The molecule has 0 bridgehead atoms. The fourth-order valence-corrected chi connectivity index (χ4v) is 2.94. The van der Waals surface area contributed by atoms with E-state index in [2.05, 4.69) is 5.32 Å². The van der Waals surface area contributed by atoms with Crippen LogP contribution in [-0.2, 0) is 16.0 Å². The Labute approximate surface area is 151 Å². The van der Waals surface area contributed by atoms with Crippen molar-refractivity contribution in [3.63, 3.8) is 0 Å². The molecule has 7 nitrogen and oxygen atoms in total. The second kappa shape index (κ2) is 7.86. The van der Waals surface area contributed by atoms with Crippen LogP contribution in [0.15, 0.2) is 47.1 Å². The van der Waals surface area contributed by atoms with Gasteiger partial charge in [-0.05, 0) is 30.2 Å². The number of para-hydroxylation sites is 1. The van der Waals surface area contributed by atoms with Gasteiger partial charge >= 0.3 is 11.8 Å². The predicted octanol–water partition coefficient (Wildman–Crippen LogP) is 1.77. The minimum Gasteiger partial charge on any atom is -0.459 e. The number of anilines is 1. The van der Waals surface area contributed by atoms with E-state index in [4.69, 9.17) is 4.42 Å². The summed E-state index contributed by atoms with van der Waals surface area (Å²) >= 11 is 0. The number of piperazine rings is 1. The van der Waals surface area contributed by atoms with Crippen molar-refractivity contribution in [1.82, 2.24) is 9.80 Å². The van der Waals surface area contributed by atoms with Crippen LogP contribution in [0, 0.1) is 0 Å². The van der Waals surface area contributed by atoms with Gasteiger partial charge in [-0.15, -0.1) is 0 Å². The highest BCUT2D eigenvalue weighted by Gasteiger charge is 2.29. The zero-order chi connectivity index (χ0) is 18.5. The molecule has 0 atom stereocenters. The number of hydrogen-bond donors (Lipinski definition) is 1. The molecule has 3 amide bonds.